The van der Waals surface area contributed by atoms with Gasteiger partial charge in [0.15, 0.2) is 5.82 Å². The van der Waals surface area contributed by atoms with Crippen molar-refractivity contribution in [2.24, 2.45) is 0 Å². The van der Waals surface area contributed by atoms with E-state index in [4.69, 9.17) is 20.8 Å². The largest absolute Gasteiger partial charge is 0.396 e. The van der Waals surface area contributed by atoms with Crippen LogP contribution in [0.25, 0.3) is 21.3 Å². The van der Waals surface area contributed by atoms with Gasteiger partial charge in [0.25, 0.3) is 0 Å². The molecule has 0 saturated heterocycles. The Morgan fingerprint density at radius 1 is 1.13 bits per heavy atom. The van der Waals surface area contributed by atoms with Gasteiger partial charge >= 0.3 is 0 Å². The number of pyridine rings is 1. The summed E-state index contributed by atoms with van der Waals surface area (Å²) in [7, 11) is 0. The third-order valence-corrected chi connectivity index (χ3v) is 7.15. The van der Waals surface area contributed by atoms with Crippen molar-refractivity contribution in [3.63, 3.8) is 0 Å². The number of aromatic nitrogens is 4. The first kappa shape index (κ1) is 22.1. The van der Waals surface area contributed by atoms with Crippen LogP contribution < -0.4 is 11.1 Å². The minimum Gasteiger partial charge on any atom is -0.396 e. The molecule has 9 heteroatoms. The molecule has 0 aliphatic carbocycles. The Labute approximate surface area is 190 Å². The number of nitrogens with one attached hydrogen (secondary N) is 1. The van der Waals surface area contributed by atoms with Gasteiger partial charge in [-0.3, -0.25) is 0 Å². The van der Waals surface area contributed by atoms with Gasteiger partial charge in [-0.2, -0.15) is 0 Å². The van der Waals surface area contributed by atoms with Gasteiger partial charge in [0.2, 0.25) is 0 Å². The molecule has 4 rings (SSSR count). The van der Waals surface area contributed by atoms with Crippen LogP contribution in [0.3, 0.4) is 0 Å². The SMILES string of the molecule is CCCCc1nc2c(N)nc3ccsc3c2n1Cc1nc(CNCCCCCO)cs1. The molecule has 0 radical (unpaired) electrons. The number of aliphatic hydroxyl groups is 1. The Balaban J connectivity index is 1.55. The second-order valence-corrected chi connectivity index (χ2v) is 9.60. The Hall–Kier alpha value is -2.07. The molecule has 0 saturated carbocycles. The van der Waals surface area contributed by atoms with E-state index in [0.29, 0.717) is 12.4 Å². The highest BCUT2D eigenvalue weighted by molar-refractivity contribution is 7.18. The van der Waals surface area contributed by atoms with Gasteiger partial charge in [-0.1, -0.05) is 13.3 Å². The second kappa shape index (κ2) is 10.5. The van der Waals surface area contributed by atoms with Crippen LogP contribution >= 0.6 is 22.7 Å². The summed E-state index contributed by atoms with van der Waals surface area (Å²) in [4.78, 5) is 14.3. The van der Waals surface area contributed by atoms with Crippen molar-refractivity contribution in [2.45, 2.75) is 58.5 Å². The monoisotopic (exact) mass is 458 g/mol. The zero-order chi connectivity index (χ0) is 21.6. The maximum Gasteiger partial charge on any atom is 0.152 e. The standard InChI is InChI=1S/C22H30N6OS2/c1-2-3-7-17-27-19-20(21-16(8-11-30-21)26-22(19)23)28(17)13-18-25-15(14-31-18)12-24-9-5-4-6-10-29/h8,11,14,24,29H,2-7,9-10,12-13H2,1H3,(H2,23,26). The van der Waals surface area contributed by atoms with Gasteiger partial charge < -0.3 is 20.7 Å². The van der Waals surface area contributed by atoms with E-state index in [9.17, 15) is 0 Å². The molecule has 4 aromatic rings. The van der Waals surface area contributed by atoms with E-state index in [1.807, 2.05) is 6.07 Å². The van der Waals surface area contributed by atoms with Gasteiger partial charge in [-0.25, -0.2) is 15.0 Å². The molecular formula is C22H30N6OS2. The molecule has 0 bridgehead atoms. The van der Waals surface area contributed by atoms with E-state index in [0.717, 1.165) is 89.4 Å². The molecule has 0 amide bonds. The van der Waals surface area contributed by atoms with Crippen molar-refractivity contribution in [2.75, 3.05) is 18.9 Å². The first-order valence-corrected chi connectivity index (χ1v) is 12.7. The minimum atomic E-state index is 0.276. The molecule has 4 heterocycles. The van der Waals surface area contributed by atoms with Crippen molar-refractivity contribution in [1.29, 1.82) is 0 Å². The molecule has 166 valence electrons. The topological polar surface area (TPSA) is 102 Å². The number of thiophene rings is 1. The van der Waals surface area contributed by atoms with Crippen molar-refractivity contribution in [1.82, 2.24) is 24.8 Å². The van der Waals surface area contributed by atoms with Crippen LogP contribution in [0.15, 0.2) is 16.8 Å². The fraction of sp³-hybridized carbons (Fsp3) is 0.500. The van der Waals surface area contributed by atoms with Crippen LogP contribution in [0.4, 0.5) is 5.82 Å². The Bertz CT molecular complexity index is 1130. The smallest absolute Gasteiger partial charge is 0.152 e. The highest BCUT2D eigenvalue weighted by Crippen LogP contribution is 2.33. The normalized spacial score (nSPS) is 11.8. The zero-order valence-electron chi connectivity index (χ0n) is 17.9. The van der Waals surface area contributed by atoms with Gasteiger partial charge in [0.1, 0.15) is 16.3 Å². The van der Waals surface area contributed by atoms with Gasteiger partial charge in [-0.15, -0.1) is 22.7 Å². The lowest BCUT2D eigenvalue weighted by Crippen LogP contribution is -2.15. The molecule has 0 aliphatic rings. The van der Waals surface area contributed by atoms with Crippen molar-refractivity contribution >= 4 is 49.7 Å². The van der Waals surface area contributed by atoms with Crippen LogP contribution in [0, 0.1) is 0 Å². The number of unbranched alkanes of at least 4 members (excludes halogenated alkanes) is 3. The maximum absolute atomic E-state index is 8.86. The van der Waals surface area contributed by atoms with Crippen molar-refractivity contribution < 1.29 is 5.11 Å². The predicted octanol–water partition coefficient (Wildman–Crippen LogP) is 4.33. The average Bonchev–Trinajstić information content (AvgIpc) is 3.49. The number of aliphatic hydroxyl groups excluding tert-OH is 1. The quantitative estimate of drug-likeness (QED) is 0.273. The van der Waals surface area contributed by atoms with Crippen LogP contribution in [-0.4, -0.2) is 37.8 Å². The molecule has 0 spiro atoms. The number of fused-ring (bicyclic) bond motifs is 3. The van der Waals surface area contributed by atoms with Crippen LogP contribution in [0.2, 0.25) is 0 Å². The first-order chi connectivity index (χ1) is 15.2. The number of nitrogens with two attached hydrogens (primary N) is 1. The van der Waals surface area contributed by atoms with Crippen LogP contribution in [0.5, 0.6) is 0 Å². The van der Waals surface area contributed by atoms with E-state index in [1.165, 1.54) is 0 Å². The zero-order valence-corrected chi connectivity index (χ0v) is 19.6. The molecular weight excluding hydrogens is 428 g/mol. The number of hydrogen-bond acceptors (Lipinski definition) is 8. The lowest BCUT2D eigenvalue weighted by Gasteiger charge is -2.08. The van der Waals surface area contributed by atoms with E-state index in [-0.39, 0.29) is 6.61 Å². The summed E-state index contributed by atoms with van der Waals surface area (Å²) in [6.07, 6.45) is 6.13. The lowest BCUT2D eigenvalue weighted by molar-refractivity contribution is 0.283. The summed E-state index contributed by atoms with van der Waals surface area (Å²) in [5, 5.41) is 17.6. The number of thiazole rings is 1. The molecule has 0 fully saturated rings. The van der Waals surface area contributed by atoms with E-state index < -0.39 is 0 Å². The van der Waals surface area contributed by atoms with Gasteiger partial charge in [0.05, 0.1) is 28.0 Å². The van der Waals surface area contributed by atoms with Crippen molar-refractivity contribution in [3.8, 4) is 0 Å². The first-order valence-electron chi connectivity index (χ1n) is 11.0. The molecule has 4 aromatic heterocycles. The van der Waals surface area contributed by atoms with E-state index in [1.54, 1.807) is 22.7 Å². The molecule has 7 nitrogen and oxygen atoms in total. The predicted molar refractivity (Wildman–Crippen MR) is 130 cm³/mol. The highest BCUT2D eigenvalue weighted by atomic mass is 32.1. The Kier molecular flexibility index (Phi) is 7.49. The summed E-state index contributed by atoms with van der Waals surface area (Å²) in [6.45, 7) is 4.90. The van der Waals surface area contributed by atoms with E-state index in [2.05, 4.69) is 32.6 Å². The summed E-state index contributed by atoms with van der Waals surface area (Å²) in [5.74, 6) is 1.56. The molecule has 0 aromatic carbocycles. The number of anilines is 1. The molecule has 0 unspecified atom stereocenters. The number of imidazole rings is 1. The third kappa shape index (κ3) is 5.06. The number of hydrogen-bond donors (Lipinski definition) is 3. The number of nitrogens with zero attached hydrogens (tertiary/aromatic N) is 4. The van der Waals surface area contributed by atoms with Crippen LogP contribution in [0.1, 0.15) is 55.6 Å². The minimum absolute atomic E-state index is 0.276. The lowest BCUT2D eigenvalue weighted by atomic mass is 10.2. The molecule has 0 aliphatic heterocycles. The number of nitrogen functional groups attached to an aromatic ring is 1. The van der Waals surface area contributed by atoms with E-state index >= 15 is 0 Å². The summed E-state index contributed by atoms with van der Waals surface area (Å²) in [5.41, 5.74) is 10.2. The molecule has 31 heavy (non-hydrogen) atoms. The maximum atomic E-state index is 8.86. The summed E-state index contributed by atoms with van der Waals surface area (Å²) >= 11 is 3.39. The summed E-state index contributed by atoms with van der Waals surface area (Å²) in [6, 6.07) is 2.02. The Morgan fingerprint density at radius 2 is 2.03 bits per heavy atom. The fourth-order valence-electron chi connectivity index (χ4n) is 3.75. The van der Waals surface area contributed by atoms with Crippen LogP contribution in [-0.2, 0) is 19.5 Å². The highest BCUT2D eigenvalue weighted by Gasteiger charge is 2.19. The third-order valence-electron chi connectivity index (χ3n) is 5.35. The summed E-state index contributed by atoms with van der Waals surface area (Å²) < 4.78 is 3.44. The van der Waals surface area contributed by atoms with Gasteiger partial charge in [-0.05, 0) is 43.7 Å². The fourth-order valence-corrected chi connectivity index (χ4v) is 5.42. The number of rotatable bonds is 12. The average molecular weight is 459 g/mol. The molecule has 4 N–H and O–H groups in total. The Morgan fingerprint density at radius 3 is 2.87 bits per heavy atom. The molecule has 0 atom stereocenters. The second-order valence-electron chi connectivity index (χ2n) is 7.74. The van der Waals surface area contributed by atoms with Crippen molar-refractivity contribution in [3.05, 3.63) is 33.4 Å². The number of aryl methyl sites for hydroxylation is 1. The van der Waals surface area contributed by atoms with Gasteiger partial charge in [0, 0.05) is 25.0 Å².